The summed E-state index contributed by atoms with van der Waals surface area (Å²) >= 11 is 5.90. The summed E-state index contributed by atoms with van der Waals surface area (Å²) in [5, 5.41) is 0. The topological polar surface area (TPSA) is 0 Å². The van der Waals surface area contributed by atoms with Crippen LogP contribution >= 0.6 is 38.5 Å². The third kappa shape index (κ3) is 5.35. The van der Waals surface area contributed by atoms with E-state index in [1.54, 1.807) is 0 Å². The molecule has 0 radical (unpaired) electrons. The van der Waals surface area contributed by atoms with Gasteiger partial charge in [0.05, 0.1) is 0 Å². The van der Waals surface area contributed by atoms with Crippen molar-refractivity contribution in [1.29, 1.82) is 0 Å². The van der Waals surface area contributed by atoms with Crippen LogP contribution in [0.1, 0.15) is 31.2 Å². The fraction of sp³-hybridized carbons (Fsp3) is 0.500. The average molecular weight is 367 g/mol. The van der Waals surface area contributed by atoms with Gasteiger partial charge in [0.15, 0.2) is 0 Å². The van der Waals surface area contributed by atoms with Crippen molar-refractivity contribution in [3.05, 3.63) is 34.3 Å². The molecule has 0 nitrogen and oxygen atoms in total. The van der Waals surface area contributed by atoms with Crippen molar-refractivity contribution in [2.24, 2.45) is 0 Å². The van der Waals surface area contributed by atoms with Gasteiger partial charge < -0.3 is 0 Å². The van der Waals surface area contributed by atoms with Crippen LogP contribution in [-0.2, 0) is 6.42 Å². The molecule has 0 saturated heterocycles. The van der Waals surface area contributed by atoms with E-state index < -0.39 is 0 Å². The number of halogens is 2. The number of aryl methyl sites for hydroxylation is 1. The zero-order valence-electron chi connectivity index (χ0n) is 8.31. The van der Waals surface area contributed by atoms with Crippen molar-refractivity contribution in [3.63, 3.8) is 0 Å². The largest absolute Gasteiger partial charge is 0.0864 e. The Bertz CT molecular complexity index is 243. The number of rotatable bonds is 6. The molecule has 0 aliphatic heterocycles. The highest BCUT2D eigenvalue weighted by atomic mass is 127. The van der Waals surface area contributed by atoms with Crippen molar-refractivity contribution in [2.45, 2.75) is 32.1 Å². The van der Waals surface area contributed by atoms with Crippen LogP contribution in [0, 0.1) is 0 Å². The van der Waals surface area contributed by atoms with Gasteiger partial charge in [-0.1, -0.05) is 63.5 Å². The van der Waals surface area contributed by atoms with E-state index in [4.69, 9.17) is 0 Å². The van der Waals surface area contributed by atoms with Crippen LogP contribution in [0.5, 0.6) is 0 Å². The van der Waals surface area contributed by atoms with Crippen LogP contribution in [0.15, 0.2) is 28.7 Å². The maximum absolute atomic E-state index is 3.45. The van der Waals surface area contributed by atoms with Gasteiger partial charge in [0.1, 0.15) is 0 Å². The number of alkyl halides is 1. The fourth-order valence-electron chi connectivity index (χ4n) is 1.43. The zero-order chi connectivity index (χ0) is 10.2. The predicted octanol–water partition coefficient (Wildman–Crippen LogP) is 4.99. The summed E-state index contributed by atoms with van der Waals surface area (Å²) in [5.41, 5.74) is 1.46. The van der Waals surface area contributed by atoms with Crippen molar-refractivity contribution in [1.82, 2.24) is 0 Å². The minimum atomic E-state index is 1.17. The Morgan fingerprint density at radius 1 is 0.929 bits per heavy atom. The lowest BCUT2D eigenvalue weighted by Gasteiger charge is -2.01. The van der Waals surface area contributed by atoms with E-state index in [0.29, 0.717) is 0 Å². The van der Waals surface area contributed by atoms with Gasteiger partial charge in [-0.05, 0) is 41.4 Å². The number of benzene rings is 1. The predicted molar refractivity (Wildman–Crippen MR) is 75.2 cm³/mol. The Hall–Kier alpha value is 0.430. The highest BCUT2D eigenvalue weighted by Crippen LogP contribution is 2.13. The third-order valence-electron chi connectivity index (χ3n) is 2.26. The van der Waals surface area contributed by atoms with Gasteiger partial charge in [0, 0.05) is 4.47 Å². The molecule has 0 heterocycles. The molecule has 0 aliphatic carbocycles. The van der Waals surface area contributed by atoms with Gasteiger partial charge in [-0.25, -0.2) is 0 Å². The molecule has 1 aromatic carbocycles. The first kappa shape index (κ1) is 12.5. The van der Waals surface area contributed by atoms with Gasteiger partial charge in [0.25, 0.3) is 0 Å². The molecule has 2 heteroatoms. The SMILES string of the molecule is Brc1ccc(CCCCCCI)cc1. The summed E-state index contributed by atoms with van der Waals surface area (Å²) in [6, 6.07) is 8.67. The summed E-state index contributed by atoms with van der Waals surface area (Å²) in [5.74, 6) is 0. The van der Waals surface area contributed by atoms with Crippen LogP contribution in [0.4, 0.5) is 0 Å². The lowest BCUT2D eigenvalue weighted by Crippen LogP contribution is -1.85. The molecule has 14 heavy (non-hydrogen) atoms. The minimum absolute atomic E-state index is 1.17. The highest BCUT2D eigenvalue weighted by Gasteiger charge is 1.93. The molecule has 0 N–H and O–H groups in total. The van der Waals surface area contributed by atoms with E-state index >= 15 is 0 Å². The molecule has 0 aromatic heterocycles. The van der Waals surface area contributed by atoms with E-state index in [1.165, 1.54) is 46.6 Å². The summed E-state index contributed by atoms with van der Waals surface area (Å²) in [6.07, 6.45) is 6.70. The van der Waals surface area contributed by atoms with Crippen LogP contribution in [0.3, 0.4) is 0 Å². The summed E-state index contributed by atoms with van der Waals surface area (Å²) < 4.78 is 2.47. The first-order chi connectivity index (χ1) is 6.83. The summed E-state index contributed by atoms with van der Waals surface area (Å²) in [4.78, 5) is 0. The normalized spacial score (nSPS) is 10.4. The zero-order valence-corrected chi connectivity index (χ0v) is 12.1. The lowest BCUT2D eigenvalue weighted by atomic mass is 10.1. The standard InChI is InChI=1S/C12H16BrI/c13-12-8-6-11(7-9-12)5-3-1-2-4-10-14/h6-9H,1-5,10H2. The lowest BCUT2D eigenvalue weighted by molar-refractivity contribution is 0.673. The van der Waals surface area contributed by atoms with Crippen LogP contribution in [0.25, 0.3) is 0 Å². The first-order valence-electron chi connectivity index (χ1n) is 5.13. The minimum Gasteiger partial charge on any atom is -0.0864 e. The number of hydrogen-bond donors (Lipinski definition) is 0. The van der Waals surface area contributed by atoms with Gasteiger partial charge >= 0.3 is 0 Å². The summed E-state index contributed by atoms with van der Waals surface area (Å²) in [7, 11) is 0. The average Bonchev–Trinajstić information content (AvgIpc) is 2.21. The smallest absolute Gasteiger partial charge is 0.0175 e. The second kappa shape index (κ2) is 7.69. The van der Waals surface area contributed by atoms with Gasteiger partial charge in [-0.15, -0.1) is 0 Å². The Kier molecular flexibility index (Phi) is 6.86. The van der Waals surface area contributed by atoms with Crippen molar-refractivity contribution < 1.29 is 0 Å². The van der Waals surface area contributed by atoms with Gasteiger partial charge in [-0.3, -0.25) is 0 Å². The maximum atomic E-state index is 3.45. The Morgan fingerprint density at radius 2 is 1.57 bits per heavy atom. The Morgan fingerprint density at radius 3 is 2.21 bits per heavy atom. The molecule has 0 aliphatic rings. The second-order valence-corrected chi connectivity index (χ2v) is 5.47. The molecule has 0 atom stereocenters. The Balaban J connectivity index is 2.15. The van der Waals surface area contributed by atoms with Gasteiger partial charge in [-0.2, -0.15) is 0 Å². The fourth-order valence-corrected chi connectivity index (χ4v) is 2.23. The molecule has 0 amide bonds. The van der Waals surface area contributed by atoms with Crippen LogP contribution in [0.2, 0.25) is 0 Å². The van der Waals surface area contributed by atoms with E-state index in [2.05, 4.69) is 62.8 Å². The number of unbranched alkanes of at least 4 members (excludes halogenated alkanes) is 3. The van der Waals surface area contributed by atoms with Crippen molar-refractivity contribution in [2.75, 3.05) is 4.43 Å². The molecule has 0 saturated carbocycles. The number of hydrogen-bond acceptors (Lipinski definition) is 0. The highest BCUT2D eigenvalue weighted by molar-refractivity contribution is 14.1. The molecule has 1 aromatic rings. The van der Waals surface area contributed by atoms with Crippen LogP contribution in [-0.4, -0.2) is 4.43 Å². The monoisotopic (exact) mass is 366 g/mol. The van der Waals surface area contributed by atoms with E-state index in [9.17, 15) is 0 Å². The molecule has 1 rings (SSSR count). The first-order valence-corrected chi connectivity index (χ1v) is 7.45. The molecule has 0 spiro atoms. The molecular formula is C12H16BrI. The second-order valence-electron chi connectivity index (χ2n) is 3.48. The summed E-state index contributed by atoms with van der Waals surface area (Å²) in [6.45, 7) is 0. The quantitative estimate of drug-likeness (QED) is 0.378. The van der Waals surface area contributed by atoms with Crippen LogP contribution < -0.4 is 0 Å². The molecule has 78 valence electrons. The van der Waals surface area contributed by atoms with Crippen molar-refractivity contribution >= 4 is 38.5 Å². The Labute approximate surface area is 109 Å². The molecule has 0 fully saturated rings. The van der Waals surface area contributed by atoms with E-state index in [-0.39, 0.29) is 0 Å². The van der Waals surface area contributed by atoms with E-state index in [1.807, 2.05) is 0 Å². The van der Waals surface area contributed by atoms with Gasteiger partial charge in [0.2, 0.25) is 0 Å². The van der Waals surface area contributed by atoms with Crippen molar-refractivity contribution in [3.8, 4) is 0 Å². The maximum Gasteiger partial charge on any atom is 0.0175 e. The molecule has 0 unspecified atom stereocenters. The van der Waals surface area contributed by atoms with E-state index in [0.717, 1.165) is 0 Å². The molecular weight excluding hydrogens is 351 g/mol. The molecule has 0 bridgehead atoms. The third-order valence-corrected chi connectivity index (χ3v) is 3.55.